The van der Waals surface area contributed by atoms with Gasteiger partial charge in [0.2, 0.25) is 0 Å². The minimum Gasteiger partial charge on any atom is 1.00 e. The molecule has 0 saturated heterocycles. The summed E-state index contributed by atoms with van der Waals surface area (Å²) in [5.41, 5.74) is 0. The van der Waals surface area contributed by atoms with Crippen LogP contribution in [0.15, 0.2) is 0 Å². The van der Waals surface area contributed by atoms with Gasteiger partial charge in [0.1, 0.15) is 0 Å². The molecule has 0 spiro atoms. The third-order valence-electron chi connectivity index (χ3n) is 0.556. The van der Waals surface area contributed by atoms with Crippen LogP contribution in [0.25, 0.3) is 0 Å². The van der Waals surface area contributed by atoms with E-state index in [4.69, 9.17) is 0 Å². The predicted molar refractivity (Wildman–Crippen MR) is 63.8 cm³/mol. The van der Waals surface area contributed by atoms with E-state index >= 15 is 0 Å². The van der Waals surface area contributed by atoms with E-state index in [2.05, 4.69) is 13.7 Å². The molecule has 0 heterocycles. The summed E-state index contributed by atoms with van der Waals surface area (Å²) in [4.78, 5) is 0. The summed E-state index contributed by atoms with van der Waals surface area (Å²) in [6.45, 7) is 0. The first-order valence-electron chi connectivity index (χ1n) is 2.36. The fraction of sp³-hybridized carbons (Fsp3) is 0. The van der Waals surface area contributed by atoms with Crippen LogP contribution in [-0.2, 0) is 23.1 Å². The average Bonchev–Trinajstić information content (AvgIpc) is 1.87. The van der Waals surface area contributed by atoms with Crippen LogP contribution in [0.1, 0.15) is 0 Å². The molecule has 23 heteroatoms. The zero-order valence-electron chi connectivity index (χ0n) is 12.2. The molecule has 0 atom stereocenters. The van der Waals surface area contributed by atoms with Gasteiger partial charge in [-0.1, -0.05) is 0 Å². The van der Waals surface area contributed by atoms with Gasteiger partial charge >= 0.3 is 165 Å². The van der Waals surface area contributed by atoms with Crippen molar-refractivity contribution < 1.29 is 191 Å². The van der Waals surface area contributed by atoms with Crippen molar-refractivity contribution in [1.29, 1.82) is 0 Å². The van der Waals surface area contributed by atoms with E-state index in [9.17, 15) is 19.5 Å². The molecule has 0 aromatic rings. The first-order chi connectivity index (χ1) is 5.20. The van der Waals surface area contributed by atoms with Gasteiger partial charge in [0.15, 0.2) is 0 Å². The molecule has 0 amide bonds. The first kappa shape index (κ1) is 99.1. The Kier molecular flexibility index (Phi) is 322. The maximum absolute atomic E-state index is 10.1. The van der Waals surface area contributed by atoms with Crippen LogP contribution in [0, 0.1) is 0 Å². The summed E-state index contributed by atoms with van der Waals surface area (Å²) in [7, 11) is -4.92. The molecule has 0 aliphatic heterocycles. The zero-order chi connectivity index (χ0) is 8.69. The van der Waals surface area contributed by atoms with Crippen LogP contribution in [0.3, 0.4) is 0 Å². The smallest absolute Gasteiger partial charge is 1.00 e. The molecule has 0 fully saturated rings. The Labute approximate surface area is 216 Å². The summed E-state index contributed by atoms with van der Waals surface area (Å²) in [5, 5.41) is 20.3. The second-order valence-electron chi connectivity index (χ2n) is 1.18. The van der Waals surface area contributed by atoms with E-state index in [1.165, 1.54) is 0 Å². The van der Waals surface area contributed by atoms with Crippen molar-refractivity contribution in [3.63, 3.8) is 0 Å². The molecule has 20 N–H and O–H groups in total. The standard InChI is InChI=1S/B4O7.2K.10H2O/c5-1-9-3(7)11-4(8)10-2-6;;;;;;;;;;;;/h;;;10*1H2/q-2;2*+1;;;;;;;;;;. The largest absolute Gasteiger partial charge is 1.00 e. The Bertz CT molecular complexity index is 124. The molecule has 0 radical (unpaired) electrons. The van der Waals surface area contributed by atoms with Crippen molar-refractivity contribution in [2.75, 3.05) is 0 Å². The van der Waals surface area contributed by atoms with Crippen molar-refractivity contribution in [1.82, 2.24) is 0 Å². The molecule has 0 aromatic carbocycles. The minimum absolute atomic E-state index is 0. The Morgan fingerprint density at radius 1 is 0.565 bits per heavy atom. The zero-order valence-corrected chi connectivity index (χ0v) is 18.4. The van der Waals surface area contributed by atoms with Gasteiger partial charge in [0.05, 0.1) is 0 Å². The van der Waals surface area contributed by atoms with Gasteiger partial charge in [-0.3, -0.25) is 0 Å². The molecule has 0 aliphatic rings. The summed E-state index contributed by atoms with van der Waals surface area (Å²) in [5.74, 6) is 0. The van der Waals surface area contributed by atoms with Gasteiger partial charge in [0.25, 0.3) is 0 Å². The topological polar surface area (TPSA) is 423 Å². The Morgan fingerprint density at radius 2 is 0.739 bits per heavy atom. The van der Waals surface area contributed by atoms with Crippen molar-refractivity contribution in [3.8, 4) is 0 Å². The van der Waals surface area contributed by atoms with Crippen LogP contribution in [0.5, 0.6) is 0 Å². The monoisotopic (exact) mass is 414 g/mol. The van der Waals surface area contributed by atoms with Crippen molar-refractivity contribution >= 4 is 29.3 Å². The summed E-state index contributed by atoms with van der Waals surface area (Å²) in [6.07, 6.45) is 0. The third kappa shape index (κ3) is 80.1. The van der Waals surface area contributed by atoms with Gasteiger partial charge < -0.3 is 54.8 Å². The molecular weight excluding hydrogens is 393 g/mol. The Morgan fingerprint density at radius 3 is 0.870 bits per heavy atom. The predicted octanol–water partition coefficient (Wildman–Crippen LogP) is -18.6. The molecule has 0 bridgehead atoms. The second kappa shape index (κ2) is 74.7. The molecule has 0 unspecified atom stereocenters. The van der Waals surface area contributed by atoms with Crippen molar-refractivity contribution in [2.45, 2.75) is 0 Å². The summed E-state index contributed by atoms with van der Waals surface area (Å²) < 4.78 is 29.8. The molecule has 136 valence electrons. The Balaban J connectivity index is -0.00000000758. The molecule has 0 rings (SSSR count). The van der Waals surface area contributed by atoms with Gasteiger partial charge in [-0.2, -0.15) is 0 Å². The van der Waals surface area contributed by atoms with Gasteiger partial charge in [-0.05, 0) is 0 Å². The fourth-order valence-corrected chi connectivity index (χ4v) is 0.246. The maximum atomic E-state index is 10.1. The van der Waals surface area contributed by atoms with Crippen LogP contribution >= 0.6 is 0 Å². The fourth-order valence-electron chi connectivity index (χ4n) is 0.246. The SMILES string of the molecule is O.O.O.O.O.O.O.O.O.O.O=BOB([O-])OB([O-])OB=O.[K+].[K+]. The molecule has 0 aromatic heterocycles. The molecule has 0 aliphatic carbocycles. The van der Waals surface area contributed by atoms with E-state index in [0.29, 0.717) is 0 Å². The summed E-state index contributed by atoms with van der Waals surface area (Å²) >= 11 is 0. The van der Waals surface area contributed by atoms with Crippen LogP contribution in [0.4, 0.5) is 0 Å². The van der Waals surface area contributed by atoms with Gasteiger partial charge in [-0.25, -0.2) is 0 Å². The quantitative estimate of drug-likeness (QED) is 0.377. The van der Waals surface area contributed by atoms with Crippen LogP contribution in [-0.4, -0.2) is 84.1 Å². The third-order valence-corrected chi connectivity index (χ3v) is 0.556. The van der Waals surface area contributed by atoms with Crippen LogP contribution < -0.4 is 113 Å². The number of hydrogen-bond acceptors (Lipinski definition) is 7. The van der Waals surface area contributed by atoms with E-state index in [0.717, 1.165) is 0 Å². The van der Waals surface area contributed by atoms with Crippen LogP contribution in [0.2, 0.25) is 0 Å². The molecular formula is H20B4K2O17. The average molecular weight is 414 g/mol. The molecule has 0 saturated carbocycles. The van der Waals surface area contributed by atoms with E-state index in [-0.39, 0.29) is 172 Å². The van der Waals surface area contributed by atoms with E-state index in [1.54, 1.807) is 0 Å². The van der Waals surface area contributed by atoms with Gasteiger partial charge in [0, 0.05) is 0 Å². The second-order valence-corrected chi connectivity index (χ2v) is 1.18. The van der Waals surface area contributed by atoms with Crippen molar-refractivity contribution in [3.05, 3.63) is 0 Å². The number of hydrogen-bond donors (Lipinski definition) is 0. The van der Waals surface area contributed by atoms with E-state index in [1.807, 2.05) is 0 Å². The first-order valence-corrected chi connectivity index (χ1v) is 2.36. The van der Waals surface area contributed by atoms with Crippen molar-refractivity contribution in [2.24, 2.45) is 0 Å². The normalized spacial score (nSPS) is 3.57. The minimum atomic E-state index is -2.27. The van der Waals surface area contributed by atoms with E-state index < -0.39 is 14.6 Å². The van der Waals surface area contributed by atoms with Gasteiger partial charge in [-0.15, -0.1) is 0 Å². The number of rotatable bonds is 6. The molecule has 23 heavy (non-hydrogen) atoms. The maximum Gasteiger partial charge on any atom is 1.00 e. The Hall–Kier alpha value is 2.21. The summed E-state index contributed by atoms with van der Waals surface area (Å²) in [6, 6.07) is 0. The molecule has 17 nitrogen and oxygen atoms in total.